The van der Waals surface area contributed by atoms with Crippen molar-refractivity contribution in [1.29, 1.82) is 0 Å². The van der Waals surface area contributed by atoms with E-state index in [0.29, 0.717) is 17.8 Å². The van der Waals surface area contributed by atoms with Crippen molar-refractivity contribution in [3.05, 3.63) is 53.9 Å². The Bertz CT molecular complexity index is 584. The van der Waals surface area contributed by atoms with Crippen molar-refractivity contribution < 1.29 is 24.5 Å². The second-order valence-corrected chi connectivity index (χ2v) is 4.25. The lowest BCUT2D eigenvalue weighted by Crippen LogP contribution is -2.14. The molecule has 0 saturated carbocycles. The molecule has 0 spiro atoms. The molecule has 1 heterocycles. The number of hydrogen-bond donors (Lipinski definition) is 3. The van der Waals surface area contributed by atoms with Crippen LogP contribution in [0.25, 0.3) is 0 Å². The zero-order valence-corrected chi connectivity index (χ0v) is 11.5. The molecule has 3 N–H and O–H groups in total. The molecule has 0 aliphatic heterocycles. The van der Waals surface area contributed by atoms with E-state index in [1.54, 1.807) is 35.3 Å². The molecule has 0 amide bonds. The Morgan fingerprint density at radius 1 is 1.38 bits per heavy atom. The molecule has 0 aliphatic rings. The van der Waals surface area contributed by atoms with Gasteiger partial charge in [0, 0.05) is 5.56 Å². The first-order valence-electron chi connectivity index (χ1n) is 6.15. The van der Waals surface area contributed by atoms with E-state index in [1.165, 1.54) is 6.07 Å². The molecule has 6 nitrogen and oxygen atoms in total. The van der Waals surface area contributed by atoms with E-state index in [0.717, 1.165) is 6.92 Å². The van der Waals surface area contributed by atoms with Gasteiger partial charge < -0.3 is 19.9 Å². The predicted molar refractivity (Wildman–Crippen MR) is 72.6 cm³/mol. The minimum absolute atomic E-state index is 0.0888. The van der Waals surface area contributed by atoms with E-state index in [2.05, 4.69) is 4.98 Å². The Morgan fingerprint density at radius 2 is 2.00 bits per heavy atom. The summed E-state index contributed by atoms with van der Waals surface area (Å²) in [6.07, 6.45) is 1.36. The molecule has 114 valence electrons. The van der Waals surface area contributed by atoms with Crippen LogP contribution in [0.2, 0.25) is 0 Å². The second kappa shape index (κ2) is 8.25. The van der Waals surface area contributed by atoms with Crippen molar-refractivity contribution in [1.82, 2.24) is 9.55 Å². The Hall–Kier alpha value is -2.09. The molecule has 0 aliphatic carbocycles. The number of carbonyl (C=O) groups is 1. The Labute approximate surface area is 121 Å². The van der Waals surface area contributed by atoms with Crippen LogP contribution >= 0.6 is 0 Å². The topological polar surface area (TPSA) is 95.6 Å². The van der Waals surface area contributed by atoms with Crippen molar-refractivity contribution in [3.63, 3.8) is 0 Å². The van der Waals surface area contributed by atoms with Gasteiger partial charge in [-0.3, -0.25) is 4.79 Å². The molecule has 2 rings (SSSR count). The molecule has 0 unspecified atom stereocenters. The van der Waals surface area contributed by atoms with Crippen LogP contribution in [-0.4, -0.2) is 36.9 Å². The summed E-state index contributed by atoms with van der Waals surface area (Å²) >= 11 is 0. The van der Waals surface area contributed by atoms with Crippen LogP contribution in [0.4, 0.5) is 4.39 Å². The normalized spacial score (nSPS) is 10.2. The highest BCUT2D eigenvalue weighted by atomic mass is 19.1. The summed E-state index contributed by atoms with van der Waals surface area (Å²) in [6, 6.07) is 6.58. The van der Waals surface area contributed by atoms with Crippen molar-refractivity contribution in [2.24, 2.45) is 0 Å². The minimum Gasteiger partial charge on any atom is -0.390 e. The number of halogens is 1. The van der Waals surface area contributed by atoms with Gasteiger partial charge in [-0.25, -0.2) is 9.37 Å². The largest absolute Gasteiger partial charge is 0.390 e. The van der Waals surface area contributed by atoms with Crippen LogP contribution in [-0.2, 0) is 17.9 Å². The average molecular weight is 296 g/mol. The first-order chi connectivity index (χ1) is 9.95. The van der Waals surface area contributed by atoms with E-state index < -0.39 is 12.1 Å². The van der Waals surface area contributed by atoms with E-state index in [4.69, 9.17) is 15.3 Å². The fraction of sp³-hybridized carbons (Fsp3) is 0.286. The number of aliphatic hydroxyl groups is 3. The highest BCUT2D eigenvalue weighted by Gasteiger charge is 2.04. The third-order valence-electron chi connectivity index (χ3n) is 2.62. The number of nitrogens with zero attached hydrogens (tertiary/aromatic N) is 2. The summed E-state index contributed by atoms with van der Waals surface area (Å²) in [4.78, 5) is 13.5. The number of ketones is 1. The molecule has 0 saturated heterocycles. The molecule has 0 radical (unpaired) electrons. The summed E-state index contributed by atoms with van der Waals surface area (Å²) in [7, 11) is 0. The molecule has 21 heavy (non-hydrogen) atoms. The van der Waals surface area contributed by atoms with Crippen LogP contribution in [0.15, 0.2) is 36.8 Å². The second-order valence-electron chi connectivity index (χ2n) is 4.25. The summed E-state index contributed by atoms with van der Waals surface area (Å²) in [5, 5.41) is 24.7. The third kappa shape index (κ3) is 5.42. The van der Waals surface area contributed by atoms with Crippen LogP contribution < -0.4 is 0 Å². The number of imidazole rings is 1. The fourth-order valence-corrected chi connectivity index (χ4v) is 1.43. The number of rotatable bonds is 4. The van der Waals surface area contributed by atoms with Crippen LogP contribution in [0, 0.1) is 5.82 Å². The molecule has 2 aromatic rings. The van der Waals surface area contributed by atoms with Crippen LogP contribution in [0.5, 0.6) is 0 Å². The molecule has 0 fully saturated rings. The lowest BCUT2D eigenvalue weighted by Gasteiger charge is -2.06. The van der Waals surface area contributed by atoms with Gasteiger partial charge in [-0.05, 0) is 13.0 Å². The molecule has 7 heteroatoms. The van der Waals surface area contributed by atoms with Gasteiger partial charge in [0.05, 0.1) is 31.4 Å². The quantitative estimate of drug-likeness (QED) is 0.712. The summed E-state index contributed by atoms with van der Waals surface area (Å²) in [5.41, 5.74) is 1.27. The standard InChI is InChI=1S/C11H11FN2O.C3H6O3/c12-11-4-2-1-3-9(11)6-14-8-13-5-10(14)7-15;1-2(4)3(5)6/h1-5,8,15H,6-7H2;3,5-6H,1H3. The number of aliphatic hydroxyl groups excluding tert-OH is 2. The van der Waals surface area contributed by atoms with Gasteiger partial charge in [0.1, 0.15) is 5.82 Å². The Kier molecular flexibility index (Phi) is 6.67. The average Bonchev–Trinajstić information content (AvgIpc) is 2.89. The monoisotopic (exact) mass is 296 g/mol. The van der Waals surface area contributed by atoms with Crippen molar-refractivity contribution in [2.45, 2.75) is 26.4 Å². The van der Waals surface area contributed by atoms with Crippen molar-refractivity contribution in [2.75, 3.05) is 0 Å². The maximum atomic E-state index is 13.3. The molecular weight excluding hydrogens is 279 g/mol. The summed E-state index contributed by atoms with van der Waals surface area (Å²) in [6.45, 7) is 1.40. The number of Topliss-reactive ketones (excluding diaryl/α,β-unsaturated/α-hetero) is 1. The van der Waals surface area contributed by atoms with Gasteiger partial charge >= 0.3 is 0 Å². The molecule has 1 aromatic heterocycles. The maximum absolute atomic E-state index is 13.3. The van der Waals surface area contributed by atoms with E-state index in [-0.39, 0.29) is 12.4 Å². The van der Waals surface area contributed by atoms with Gasteiger partial charge in [-0.1, -0.05) is 18.2 Å². The first-order valence-corrected chi connectivity index (χ1v) is 6.15. The lowest BCUT2D eigenvalue weighted by molar-refractivity contribution is -0.142. The van der Waals surface area contributed by atoms with E-state index >= 15 is 0 Å². The molecule has 1 aromatic carbocycles. The summed E-state index contributed by atoms with van der Waals surface area (Å²) < 4.78 is 15.0. The van der Waals surface area contributed by atoms with Crippen LogP contribution in [0.3, 0.4) is 0 Å². The number of aromatic nitrogens is 2. The Balaban J connectivity index is 0.000000315. The maximum Gasteiger partial charge on any atom is 0.212 e. The SMILES string of the molecule is CC(=O)C(O)O.OCc1cncn1Cc1ccccc1F. The highest BCUT2D eigenvalue weighted by molar-refractivity contribution is 5.78. The lowest BCUT2D eigenvalue weighted by atomic mass is 10.2. The first kappa shape index (κ1) is 17.0. The van der Waals surface area contributed by atoms with Gasteiger partial charge in [-0.15, -0.1) is 0 Å². The molecule has 0 bridgehead atoms. The van der Waals surface area contributed by atoms with E-state index in [1.807, 2.05) is 0 Å². The Morgan fingerprint density at radius 3 is 2.52 bits per heavy atom. The highest BCUT2D eigenvalue weighted by Crippen LogP contribution is 2.10. The van der Waals surface area contributed by atoms with Gasteiger partial charge in [0.25, 0.3) is 0 Å². The number of benzene rings is 1. The van der Waals surface area contributed by atoms with Crippen molar-refractivity contribution >= 4 is 5.78 Å². The van der Waals surface area contributed by atoms with Crippen LogP contribution in [0.1, 0.15) is 18.2 Å². The smallest absolute Gasteiger partial charge is 0.212 e. The molecular formula is C14H17FN2O4. The summed E-state index contributed by atoms with van der Waals surface area (Å²) in [5.74, 6) is -0.870. The zero-order chi connectivity index (χ0) is 15.8. The number of hydrogen-bond acceptors (Lipinski definition) is 5. The molecule has 0 atom stereocenters. The predicted octanol–water partition coefficient (Wildman–Crippen LogP) is 0.449. The minimum atomic E-state index is -1.79. The fourth-order valence-electron chi connectivity index (χ4n) is 1.43. The zero-order valence-electron chi connectivity index (χ0n) is 11.5. The van der Waals surface area contributed by atoms with E-state index in [9.17, 15) is 9.18 Å². The van der Waals surface area contributed by atoms with Gasteiger partial charge in [0.2, 0.25) is 6.29 Å². The third-order valence-corrected chi connectivity index (χ3v) is 2.62. The van der Waals surface area contributed by atoms with Gasteiger partial charge in [0.15, 0.2) is 5.78 Å². The number of carbonyl (C=O) groups excluding carboxylic acids is 1. The van der Waals surface area contributed by atoms with Gasteiger partial charge in [-0.2, -0.15) is 0 Å². The van der Waals surface area contributed by atoms with Crippen molar-refractivity contribution in [3.8, 4) is 0 Å².